The first kappa shape index (κ1) is 22.6. The van der Waals surface area contributed by atoms with Gasteiger partial charge >= 0.3 is 0 Å². The zero-order valence-electron chi connectivity index (χ0n) is 17.9. The molecule has 0 radical (unpaired) electrons. The maximum atomic E-state index is 13.1. The predicted molar refractivity (Wildman–Crippen MR) is 121 cm³/mol. The van der Waals surface area contributed by atoms with Crippen LogP contribution >= 0.6 is 11.6 Å². The number of amides is 2. The molecule has 170 valence electrons. The van der Waals surface area contributed by atoms with E-state index in [1.165, 1.54) is 24.1 Å². The zero-order chi connectivity index (χ0) is 23.0. The normalized spacial score (nSPS) is 20.9. The summed E-state index contributed by atoms with van der Waals surface area (Å²) in [5.41, 5.74) is 1.44. The number of ether oxygens (including phenoxy) is 1. The molecule has 2 aromatic rings. The van der Waals surface area contributed by atoms with Crippen molar-refractivity contribution in [1.29, 1.82) is 0 Å². The maximum absolute atomic E-state index is 13.1. The van der Waals surface area contributed by atoms with E-state index in [1.54, 1.807) is 31.2 Å². The van der Waals surface area contributed by atoms with Crippen LogP contribution in [0.15, 0.2) is 41.3 Å². The fraction of sp³-hybridized carbons (Fsp3) is 0.391. The number of carbonyl (C=O) groups is 2. The lowest BCUT2D eigenvalue weighted by Crippen LogP contribution is -2.30. The van der Waals surface area contributed by atoms with Gasteiger partial charge in [-0.3, -0.25) is 19.2 Å². The maximum Gasteiger partial charge on any atom is 0.262 e. The van der Waals surface area contributed by atoms with Gasteiger partial charge in [-0.05, 0) is 55.2 Å². The Labute approximate surface area is 192 Å². The minimum absolute atomic E-state index is 0.0713. The van der Waals surface area contributed by atoms with E-state index in [4.69, 9.17) is 16.3 Å². The number of anilines is 1. The SMILES string of the molecule is COc1ccc(NS(=O)(=O)c2cc(CN3C(=O)C4CCCCC4C3=O)ccc2C)cc1Cl. The summed E-state index contributed by atoms with van der Waals surface area (Å²) in [4.78, 5) is 26.9. The van der Waals surface area contributed by atoms with Gasteiger partial charge in [-0.1, -0.05) is 36.6 Å². The second kappa shape index (κ2) is 8.75. The molecule has 0 aromatic heterocycles. The minimum atomic E-state index is -3.92. The molecule has 0 spiro atoms. The monoisotopic (exact) mass is 476 g/mol. The van der Waals surface area contributed by atoms with Gasteiger partial charge in [0.15, 0.2) is 0 Å². The quantitative estimate of drug-likeness (QED) is 0.632. The van der Waals surface area contributed by atoms with E-state index in [1.807, 2.05) is 0 Å². The van der Waals surface area contributed by atoms with Crippen molar-refractivity contribution in [2.24, 2.45) is 11.8 Å². The number of aryl methyl sites for hydroxylation is 1. The standard InChI is InChI=1S/C23H25ClN2O5S/c1-14-7-8-15(13-26-22(27)17-5-3-4-6-18(17)23(26)28)11-21(14)32(29,30)25-16-9-10-20(31-2)19(24)12-16/h7-12,17-18,25H,3-6,13H2,1-2H3. The number of fused-ring (bicyclic) bond motifs is 1. The van der Waals surface area contributed by atoms with Gasteiger partial charge in [-0.25, -0.2) is 8.42 Å². The average molecular weight is 477 g/mol. The number of benzene rings is 2. The number of rotatable bonds is 6. The molecule has 2 amide bonds. The number of carbonyl (C=O) groups excluding carboxylic acids is 2. The molecule has 4 rings (SSSR count). The number of sulfonamides is 1. The molecule has 9 heteroatoms. The fourth-order valence-corrected chi connectivity index (χ4v) is 6.15. The molecule has 1 N–H and O–H groups in total. The van der Waals surface area contributed by atoms with Gasteiger partial charge < -0.3 is 4.74 Å². The summed E-state index contributed by atoms with van der Waals surface area (Å²) in [6.45, 7) is 1.77. The first-order valence-electron chi connectivity index (χ1n) is 10.5. The third-order valence-corrected chi connectivity index (χ3v) is 8.04. The minimum Gasteiger partial charge on any atom is -0.495 e. The summed E-state index contributed by atoms with van der Waals surface area (Å²) in [5.74, 6) is -0.308. The molecule has 2 aliphatic rings. The number of nitrogens with zero attached hydrogens (tertiary/aromatic N) is 1. The van der Waals surface area contributed by atoms with Crippen molar-refractivity contribution >= 4 is 39.1 Å². The molecule has 2 unspecified atom stereocenters. The van der Waals surface area contributed by atoms with E-state index in [0.29, 0.717) is 22.6 Å². The first-order valence-corrected chi connectivity index (χ1v) is 12.4. The number of imide groups is 1. The van der Waals surface area contributed by atoms with Crippen molar-refractivity contribution in [2.75, 3.05) is 11.8 Å². The summed E-state index contributed by atoms with van der Waals surface area (Å²) in [6, 6.07) is 9.56. The van der Waals surface area contributed by atoms with E-state index in [-0.39, 0.29) is 40.1 Å². The predicted octanol–water partition coefficient (Wildman–Crippen LogP) is 4.13. The van der Waals surface area contributed by atoms with Crippen molar-refractivity contribution in [3.63, 3.8) is 0 Å². The highest BCUT2D eigenvalue weighted by Crippen LogP contribution is 2.38. The van der Waals surface area contributed by atoms with Gasteiger partial charge in [-0.15, -0.1) is 0 Å². The summed E-state index contributed by atoms with van der Waals surface area (Å²) in [5, 5.41) is 0.283. The Morgan fingerprint density at radius 1 is 1.06 bits per heavy atom. The second-order valence-corrected chi connectivity index (χ2v) is 10.4. The number of hydrogen-bond donors (Lipinski definition) is 1. The summed E-state index contributed by atoms with van der Waals surface area (Å²) >= 11 is 6.11. The molecule has 1 heterocycles. The number of methoxy groups -OCH3 is 1. The molecular formula is C23H25ClN2O5S. The smallest absolute Gasteiger partial charge is 0.262 e. The number of nitrogens with one attached hydrogen (secondary N) is 1. The molecular weight excluding hydrogens is 452 g/mol. The Hall–Kier alpha value is -2.58. The third kappa shape index (κ3) is 4.21. The molecule has 32 heavy (non-hydrogen) atoms. The molecule has 2 aromatic carbocycles. The molecule has 0 bridgehead atoms. The van der Waals surface area contributed by atoms with E-state index >= 15 is 0 Å². The van der Waals surface area contributed by atoms with Crippen LogP contribution in [0, 0.1) is 18.8 Å². The fourth-order valence-electron chi connectivity index (χ4n) is 4.54. The van der Waals surface area contributed by atoms with Crippen LogP contribution < -0.4 is 9.46 Å². The molecule has 1 aliphatic carbocycles. The zero-order valence-corrected chi connectivity index (χ0v) is 19.5. The highest BCUT2D eigenvalue weighted by Gasteiger charge is 2.47. The van der Waals surface area contributed by atoms with Crippen LogP contribution in [0.4, 0.5) is 5.69 Å². The highest BCUT2D eigenvalue weighted by atomic mass is 35.5. The molecule has 1 saturated carbocycles. The Balaban J connectivity index is 1.58. The van der Waals surface area contributed by atoms with Gasteiger partial charge in [0.1, 0.15) is 5.75 Å². The van der Waals surface area contributed by atoms with Crippen molar-refractivity contribution in [3.8, 4) is 5.75 Å². The molecule has 2 atom stereocenters. The number of hydrogen-bond acceptors (Lipinski definition) is 5. The summed E-state index contributed by atoms with van der Waals surface area (Å²) in [6.07, 6.45) is 3.41. The van der Waals surface area contributed by atoms with Gasteiger partial charge in [0.25, 0.3) is 10.0 Å². The van der Waals surface area contributed by atoms with Crippen molar-refractivity contribution in [3.05, 3.63) is 52.5 Å². The number of likely N-dealkylation sites (tertiary alicyclic amines) is 1. The van der Waals surface area contributed by atoms with Crippen LogP contribution in [-0.4, -0.2) is 32.2 Å². The van der Waals surface area contributed by atoms with Gasteiger partial charge in [-0.2, -0.15) is 0 Å². The molecule has 2 fully saturated rings. The first-order chi connectivity index (χ1) is 15.2. The van der Waals surface area contributed by atoms with Gasteiger partial charge in [0.05, 0.1) is 41.1 Å². The lowest BCUT2D eigenvalue weighted by molar-refractivity contribution is -0.140. The summed E-state index contributed by atoms with van der Waals surface area (Å²) < 4.78 is 33.8. The largest absolute Gasteiger partial charge is 0.495 e. The van der Waals surface area contributed by atoms with Gasteiger partial charge in [0, 0.05) is 0 Å². The van der Waals surface area contributed by atoms with Crippen LogP contribution in [-0.2, 0) is 26.2 Å². The summed E-state index contributed by atoms with van der Waals surface area (Å²) in [7, 11) is -2.45. The van der Waals surface area contributed by atoms with Crippen LogP contribution in [0.3, 0.4) is 0 Å². The lowest BCUT2D eigenvalue weighted by atomic mass is 9.81. The Bertz CT molecular complexity index is 1160. The lowest BCUT2D eigenvalue weighted by Gasteiger charge is -2.19. The third-order valence-electron chi connectivity index (χ3n) is 6.22. The van der Waals surface area contributed by atoms with E-state index in [9.17, 15) is 18.0 Å². The molecule has 1 saturated heterocycles. The van der Waals surface area contributed by atoms with E-state index in [0.717, 1.165) is 25.7 Å². The van der Waals surface area contributed by atoms with Crippen LogP contribution in [0.25, 0.3) is 0 Å². The van der Waals surface area contributed by atoms with Gasteiger partial charge in [0.2, 0.25) is 11.8 Å². The van der Waals surface area contributed by atoms with E-state index in [2.05, 4.69) is 4.72 Å². The highest BCUT2D eigenvalue weighted by molar-refractivity contribution is 7.92. The Morgan fingerprint density at radius 2 is 1.72 bits per heavy atom. The van der Waals surface area contributed by atoms with Crippen molar-refractivity contribution in [1.82, 2.24) is 4.90 Å². The van der Waals surface area contributed by atoms with Crippen molar-refractivity contribution < 1.29 is 22.7 Å². The van der Waals surface area contributed by atoms with Crippen molar-refractivity contribution in [2.45, 2.75) is 44.0 Å². The average Bonchev–Trinajstić information content (AvgIpc) is 3.00. The van der Waals surface area contributed by atoms with E-state index < -0.39 is 10.0 Å². The van der Waals surface area contributed by atoms with Crippen LogP contribution in [0.1, 0.15) is 36.8 Å². The van der Waals surface area contributed by atoms with Crippen LogP contribution in [0.2, 0.25) is 5.02 Å². The second-order valence-electron chi connectivity index (χ2n) is 8.31. The van der Waals surface area contributed by atoms with Crippen LogP contribution in [0.5, 0.6) is 5.75 Å². The molecule has 1 aliphatic heterocycles. The molecule has 7 nitrogen and oxygen atoms in total. The Kier molecular flexibility index (Phi) is 6.18. The Morgan fingerprint density at radius 3 is 2.31 bits per heavy atom. The number of halogens is 1. The topological polar surface area (TPSA) is 92.8 Å².